The van der Waals surface area contributed by atoms with Crippen molar-refractivity contribution < 1.29 is 14.3 Å². The van der Waals surface area contributed by atoms with Gasteiger partial charge >= 0.3 is 0 Å². The second kappa shape index (κ2) is 11.1. The number of carbonyl (C=O) groups excluding carboxylic acids is 2. The van der Waals surface area contributed by atoms with E-state index >= 15 is 0 Å². The molecule has 0 aliphatic heterocycles. The van der Waals surface area contributed by atoms with E-state index in [0.29, 0.717) is 22.2 Å². The zero-order valence-electron chi connectivity index (χ0n) is 20.0. The standard InChI is InChI=1S/C27H34ClN3O3/c1-31(21-6-4-3-5-7-21)27(33)23-15-12-20(16-24(23)28)29-17-25(32)30-26(18-8-9-18)19-10-13-22(34-2)14-11-19/h10-16,18,21,26,29H,3-9,17H2,1-2H3,(H,30,32). The minimum Gasteiger partial charge on any atom is -0.497 e. The number of ether oxygens (including phenoxy) is 1. The number of carbonyl (C=O) groups is 2. The molecule has 7 heteroatoms. The lowest BCUT2D eigenvalue weighted by atomic mass is 9.94. The highest BCUT2D eigenvalue weighted by molar-refractivity contribution is 6.34. The molecule has 2 aromatic carbocycles. The molecule has 2 saturated carbocycles. The summed E-state index contributed by atoms with van der Waals surface area (Å²) in [6, 6.07) is 13.4. The number of amides is 2. The molecule has 6 nitrogen and oxygen atoms in total. The lowest BCUT2D eigenvalue weighted by Gasteiger charge is -2.31. The van der Waals surface area contributed by atoms with Crippen LogP contribution in [0.3, 0.4) is 0 Å². The summed E-state index contributed by atoms with van der Waals surface area (Å²) in [6.07, 6.45) is 7.91. The summed E-state index contributed by atoms with van der Waals surface area (Å²) >= 11 is 6.46. The molecular weight excluding hydrogens is 450 g/mol. The quantitative estimate of drug-likeness (QED) is 0.498. The molecule has 1 unspecified atom stereocenters. The van der Waals surface area contributed by atoms with Gasteiger partial charge < -0.3 is 20.3 Å². The molecule has 2 fully saturated rings. The maximum atomic E-state index is 13.0. The van der Waals surface area contributed by atoms with Gasteiger partial charge in [0.2, 0.25) is 5.91 Å². The number of halogens is 1. The van der Waals surface area contributed by atoms with Crippen LogP contribution in [0.4, 0.5) is 5.69 Å². The second-order valence-corrected chi connectivity index (χ2v) is 9.82. The van der Waals surface area contributed by atoms with Crippen LogP contribution >= 0.6 is 11.6 Å². The first-order valence-electron chi connectivity index (χ1n) is 12.2. The Bertz CT molecular complexity index is 1000. The molecule has 0 saturated heterocycles. The molecule has 34 heavy (non-hydrogen) atoms. The Balaban J connectivity index is 1.33. The van der Waals surface area contributed by atoms with Crippen molar-refractivity contribution in [3.05, 3.63) is 58.6 Å². The van der Waals surface area contributed by atoms with Gasteiger partial charge in [0.15, 0.2) is 0 Å². The van der Waals surface area contributed by atoms with Crippen molar-refractivity contribution in [1.29, 1.82) is 0 Å². The van der Waals surface area contributed by atoms with Gasteiger partial charge in [0.1, 0.15) is 5.75 Å². The first-order valence-corrected chi connectivity index (χ1v) is 12.6. The Morgan fingerprint density at radius 3 is 2.38 bits per heavy atom. The topological polar surface area (TPSA) is 70.7 Å². The number of nitrogens with one attached hydrogen (secondary N) is 2. The molecule has 2 aromatic rings. The summed E-state index contributed by atoms with van der Waals surface area (Å²) in [6.45, 7) is 0.130. The van der Waals surface area contributed by atoms with Crippen molar-refractivity contribution in [1.82, 2.24) is 10.2 Å². The summed E-state index contributed by atoms with van der Waals surface area (Å²) in [5.41, 5.74) is 2.30. The van der Waals surface area contributed by atoms with E-state index in [1.165, 1.54) is 19.3 Å². The van der Waals surface area contributed by atoms with Gasteiger partial charge in [-0.1, -0.05) is 43.0 Å². The third-order valence-corrected chi connectivity index (χ3v) is 7.29. The van der Waals surface area contributed by atoms with Crippen LogP contribution in [0.15, 0.2) is 42.5 Å². The average Bonchev–Trinajstić information content (AvgIpc) is 3.71. The Kier molecular flexibility index (Phi) is 7.99. The normalized spacial score (nSPS) is 17.0. The first kappa shape index (κ1) is 24.4. The van der Waals surface area contributed by atoms with E-state index in [-0.39, 0.29) is 30.4 Å². The molecular formula is C27H34ClN3O3. The van der Waals surface area contributed by atoms with Crippen LogP contribution < -0.4 is 15.4 Å². The highest BCUT2D eigenvalue weighted by Gasteiger charge is 2.33. The molecule has 182 valence electrons. The molecule has 0 radical (unpaired) electrons. The highest BCUT2D eigenvalue weighted by atomic mass is 35.5. The van der Waals surface area contributed by atoms with E-state index in [9.17, 15) is 9.59 Å². The van der Waals surface area contributed by atoms with E-state index in [1.54, 1.807) is 19.2 Å². The van der Waals surface area contributed by atoms with Gasteiger partial charge in [0.05, 0.1) is 30.3 Å². The third kappa shape index (κ3) is 6.03. The van der Waals surface area contributed by atoms with Gasteiger partial charge in [-0.05, 0) is 67.5 Å². The predicted octanol–water partition coefficient (Wildman–Crippen LogP) is 5.43. The molecule has 2 amide bonds. The molecule has 0 heterocycles. The predicted molar refractivity (Wildman–Crippen MR) is 136 cm³/mol. The van der Waals surface area contributed by atoms with Crippen molar-refractivity contribution in [3.63, 3.8) is 0 Å². The Labute approximate surface area is 207 Å². The monoisotopic (exact) mass is 483 g/mol. The van der Waals surface area contributed by atoms with Gasteiger partial charge in [-0.25, -0.2) is 0 Å². The van der Waals surface area contributed by atoms with Crippen LogP contribution in [-0.2, 0) is 4.79 Å². The van der Waals surface area contributed by atoms with Crippen molar-refractivity contribution in [2.45, 2.75) is 57.0 Å². The Hall–Kier alpha value is -2.73. The molecule has 2 N–H and O–H groups in total. The van der Waals surface area contributed by atoms with Crippen molar-refractivity contribution in [2.75, 3.05) is 26.0 Å². The molecule has 2 aliphatic rings. The minimum absolute atomic E-state index is 0.000818. The summed E-state index contributed by atoms with van der Waals surface area (Å²) in [5, 5.41) is 6.69. The summed E-state index contributed by atoms with van der Waals surface area (Å²) in [4.78, 5) is 27.5. The van der Waals surface area contributed by atoms with E-state index < -0.39 is 0 Å². The number of hydrogen-bond acceptors (Lipinski definition) is 4. The zero-order chi connectivity index (χ0) is 24.1. The van der Waals surface area contributed by atoms with Gasteiger partial charge in [0.25, 0.3) is 5.91 Å². The molecule has 2 aliphatic carbocycles. The summed E-state index contributed by atoms with van der Waals surface area (Å²) in [7, 11) is 3.51. The van der Waals surface area contributed by atoms with Crippen LogP contribution in [0.2, 0.25) is 5.02 Å². The average molecular weight is 484 g/mol. The number of benzene rings is 2. The molecule has 0 bridgehead atoms. The summed E-state index contributed by atoms with van der Waals surface area (Å²) in [5.74, 6) is 1.14. The van der Waals surface area contributed by atoms with Crippen LogP contribution in [0.5, 0.6) is 5.75 Å². The van der Waals surface area contributed by atoms with Crippen molar-refractivity contribution in [3.8, 4) is 5.75 Å². The van der Waals surface area contributed by atoms with Crippen molar-refractivity contribution >= 4 is 29.1 Å². The Morgan fingerprint density at radius 2 is 1.76 bits per heavy atom. The number of methoxy groups -OCH3 is 1. The third-order valence-electron chi connectivity index (χ3n) is 6.98. The molecule has 0 spiro atoms. The van der Waals surface area contributed by atoms with Gasteiger partial charge in [-0.3, -0.25) is 9.59 Å². The fourth-order valence-electron chi connectivity index (χ4n) is 4.74. The number of hydrogen-bond donors (Lipinski definition) is 2. The van der Waals surface area contributed by atoms with Crippen LogP contribution in [0.25, 0.3) is 0 Å². The number of anilines is 1. The first-order chi connectivity index (χ1) is 16.5. The van der Waals surface area contributed by atoms with Crippen LogP contribution in [0, 0.1) is 5.92 Å². The largest absolute Gasteiger partial charge is 0.497 e. The van der Waals surface area contributed by atoms with Gasteiger partial charge in [-0.2, -0.15) is 0 Å². The van der Waals surface area contributed by atoms with Gasteiger partial charge in [-0.15, -0.1) is 0 Å². The lowest BCUT2D eigenvalue weighted by molar-refractivity contribution is -0.120. The van der Waals surface area contributed by atoms with E-state index in [1.807, 2.05) is 42.3 Å². The maximum absolute atomic E-state index is 13.0. The lowest BCUT2D eigenvalue weighted by Crippen LogP contribution is -2.38. The fourth-order valence-corrected chi connectivity index (χ4v) is 5.01. The van der Waals surface area contributed by atoms with Crippen LogP contribution in [0.1, 0.15) is 66.9 Å². The van der Waals surface area contributed by atoms with E-state index in [2.05, 4.69) is 10.6 Å². The SMILES string of the molecule is COc1ccc(C(NC(=O)CNc2ccc(C(=O)N(C)C3CCCCC3)c(Cl)c2)C2CC2)cc1. The number of rotatable bonds is 9. The van der Waals surface area contributed by atoms with Gasteiger partial charge in [0, 0.05) is 18.8 Å². The molecule has 4 rings (SSSR count). The number of nitrogens with zero attached hydrogens (tertiary/aromatic N) is 1. The molecule has 0 aromatic heterocycles. The maximum Gasteiger partial charge on any atom is 0.255 e. The zero-order valence-corrected chi connectivity index (χ0v) is 20.7. The van der Waals surface area contributed by atoms with Crippen molar-refractivity contribution in [2.24, 2.45) is 5.92 Å². The Morgan fingerprint density at radius 1 is 1.06 bits per heavy atom. The second-order valence-electron chi connectivity index (χ2n) is 9.41. The van der Waals surface area contributed by atoms with E-state index in [0.717, 1.165) is 37.0 Å². The summed E-state index contributed by atoms with van der Waals surface area (Å²) < 4.78 is 5.24. The smallest absolute Gasteiger partial charge is 0.255 e. The van der Waals surface area contributed by atoms with Crippen LogP contribution in [-0.4, -0.2) is 43.5 Å². The fraction of sp³-hybridized carbons (Fsp3) is 0.481. The van der Waals surface area contributed by atoms with E-state index in [4.69, 9.17) is 16.3 Å². The highest BCUT2D eigenvalue weighted by Crippen LogP contribution is 2.41. The minimum atomic E-state index is -0.0824. The molecule has 1 atom stereocenters.